The molecule has 0 aliphatic rings. The molecule has 0 spiro atoms. The second kappa shape index (κ2) is 12.7. The zero-order chi connectivity index (χ0) is 15.3. The summed E-state index contributed by atoms with van der Waals surface area (Å²) in [6.07, 6.45) is 16.8. The first-order valence-corrected chi connectivity index (χ1v) is 9.20. The maximum Gasteiger partial charge on any atom is 0.0619 e. The average Bonchev–Trinajstić information content (AvgIpc) is 2.39. The van der Waals surface area contributed by atoms with Gasteiger partial charge in [0.15, 0.2) is 0 Å². The maximum atomic E-state index is 10.3. The minimum Gasteiger partial charge on any atom is -0.390 e. The van der Waals surface area contributed by atoms with E-state index in [0.717, 1.165) is 19.3 Å². The molecule has 0 fully saturated rings. The first kappa shape index (κ1) is 20.0. The fourth-order valence-corrected chi connectivity index (χ4v) is 2.72. The van der Waals surface area contributed by atoms with Gasteiger partial charge in [-0.25, -0.2) is 0 Å². The van der Waals surface area contributed by atoms with Crippen LogP contribution >= 0.6 is 0 Å². The van der Waals surface area contributed by atoms with Crippen molar-refractivity contribution < 1.29 is 5.11 Å². The van der Waals surface area contributed by atoms with Gasteiger partial charge in [0.05, 0.1) is 5.60 Å². The smallest absolute Gasteiger partial charge is 0.0619 e. The van der Waals surface area contributed by atoms with E-state index in [0.29, 0.717) is 5.92 Å². The van der Waals surface area contributed by atoms with E-state index in [1.807, 2.05) is 6.92 Å². The average molecular weight is 285 g/mol. The van der Waals surface area contributed by atoms with Gasteiger partial charge < -0.3 is 5.11 Å². The molecule has 0 aromatic rings. The second-order valence-corrected chi connectivity index (χ2v) is 7.36. The molecule has 1 atom stereocenters. The Hall–Kier alpha value is -0.0400. The van der Waals surface area contributed by atoms with Crippen LogP contribution < -0.4 is 0 Å². The molecule has 1 N–H and O–H groups in total. The van der Waals surface area contributed by atoms with Crippen LogP contribution in [0.3, 0.4) is 0 Å². The zero-order valence-electron chi connectivity index (χ0n) is 14.7. The summed E-state index contributed by atoms with van der Waals surface area (Å²) in [6, 6.07) is 0. The minimum atomic E-state index is -0.426. The second-order valence-electron chi connectivity index (χ2n) is 7.36. The first-order valence-electron chi connectivity index (χ1n) is 9.20. The van der Waals surface area contributed by atoms with Gasteiger partial charge in [0, 0.05) is 0 Å². The highest BCUT2D eigenvalue weighted by atomic mass is 16.3. The van der Waals surface area contributed by atoms with Crippen LogP contribution in [0.1, 0.15) is 111 Å². The lowest BCUT2D eigenvalue weighted by Crippen LogP contribution is -2.24. The molecule has 1 heteroatoms. The van der Waals surface area contributed by atoms with Gasteiger partial charge in [-0.05, 0) is 32.1 Å². The number of rotatable bonds is 14. The number of hydrogen-bond acceptors (Lipinski definition) is 1. The Labute approximate surface area is 128 Å². The van der Waals surface area contributed by atoms with Gasteiger partial charge in [-0.15, -0.1) is 0 Å². The van der Waals surface area contributed by atoms with Crippen LogP contribution in [0, 0.1) is 5.92 Å². The van der Waals surface area contributed by atoms with Crippen LogP contribution in [-0.4, -0.2) is 10.7 Å². The Morgan fingerprint density at radius 3 is 1.65 bits per heavy atom. The topological polar surface area (TPSA) is 20.2 Å². The highest BCUT2D eigenvalue weighted by molar-refractivity contribution is 4.72. The molecule has 0 aliphatic heterocycles. The minimum absolute atomic E-state index is 0.426. The predicted molar refractivity (Wildman–Crippen MR) is 91.2 cm³/mol. The van der Waals surface area contributed by atoms with Crippen LogP contribution in [0.4, 0.5) is 0 Å². The summed E-state index contributed by atoms with van der Waals surface area (Å²) in [6.45, 7) is 8.76. The van der Waals surface area contributed by atoms with Crippen LogP contribution in [0.5, 0.6) is 0 Å². The molecule has 122 valence electrons. The lowest BCUT2D eigenvalue weighted by atomic mass is 9.90. The molecule has 0 aromatic heterocycles. The van der Waals surface area contributed by atoms with Crippen LogP contribution in [0.25, 0.3) is 0 Å². The Balaban J connectivity index is 3.30. The summed E-state index contributed by atoms with van der Waals surface area (Å²) < 4.78 is 0. The summed E-state index contributed by atoms with van der Waals surface area (Å²) in [5.41, 5.74) is -0.426. The molecule has 20 heavy (non-hydrogen) atoms. The molecular formula is C19H40O. The predicted octanol–water partition coefficient (Wildman–Crippen LogP) is 6.48. The third kappa shape index (κ3) is 14.4. The summed E-state index contributed by atoms with van der Waals surface area (Å²) >= 11 is 0. The van der Waals surface area contributed by atoms with Crippen LogP contribution in [-0.2, 0) is 0 Å². The third-order valence-corrected chi connectivity index (χ3v) is 4.33. The standard InChI is InChI=1S/C19H40O/c1-5-6-7-8-9-10-11-12-13-14-16-19(4,20)17-15-18(2)3/h18,20H,5-17H2,1-4H3. The van der Waals surface area contributed by atoms with E-state index < -0.39 is 5.60 Å². The van der Waals surface area contributed by atoms with E-state index in [1.165, 1.54) is 64.2 Å². The molecule has 0 radical (unpaired) electrons. The van der Waals surface area contributed by atoms with Crippen molar-refractivity contribution in [3.63, 3.8) is 0 Å². The van der Waals surface area contributed by atoms with E-state index >= 15 is 0 Å². The Kier molecular flexibility index (Phi) is 12.7. The zero-order valence-corrected chi connectivity index (χ0v) is 14.7. The van der Waals surface area contributed by atoms with Crippen LogP contribution in [0.2, 0.25) is 0 Å². The Morgan fingerprint density at radius 1 is 0.750 bits per heavy atom. The molecule has 0 aromatic carbocycles. The number of aliphatic hydroxyl groups is 1. The van der Waals surface area contributed by atoms with E-state index in [-0.39, 0.29) is 0 Å². The fourth-order valence-electron chi connectivity index (χ4n) is 2.72. The van der Waals surface area contributed by atoms with Crippen molar-refractivity contribution in [1.29, 1.82) is 0 Å². The fraction of sp³-hybridized carbons (Fsp3) is 1.00. The summed E-state index contributed by atoms with van der Waals surface area (Å²) in [7, 11) is 0. The van der Waals surface area contributed by atoms with Crippen molar-refractivity contribution in [3.05, 3.63) is 0 Å². The monoisotopic (exact) mass is 284 g/mol. The molecule has 0 heterocycles. The van der Waals surface area contributed by atoms with Crippen molar-refractivity contribution in [3.8, 4) is 0 Å². The van der Waals surface area contributed by atoms with Crippen molar-refractivity contribution >= 4 is 0 Å². The SMILES string of the molecule is CCCCCCCCCCCCC(C)(O)CCC(C)C. The summed E-state index contributed by atoms with van der Waals surface area (Å²) in [4.78, 5) is 0. The molecule has 0 saturated heterocycles. The molecule has 0 saturated carbocycles. The van der Waals surface area contributed by atoms with E-state index in [4.69, 9.17) is 0 Å². The maximum absolute atomic E-state index is 10.3. The van der Waals surface area contributed by atoms with Crippen molar-refractivity contribution in [2.75, 3.05) is 0 Å². The van der Waals surface area contributed by atoms with Gasteiger partial charge in [-0.1, -0.05) is 85.0 Å². The number of unbranched alkanes of at least 4 members (excludes halogenated alkanes) is 9. The van der Waals surface area contributed by atoms with Gasteiger partial charge in [-0.3, -0.25) is 0 Å². The van der Waals surface area contributed by atoms with Crippen molar-refractivity contribution in [2.24, 2.45) is 5.92 Å². The molecule has 0 rings (SSSR count). The van der Waals surface area contributed by atoms with Crippen molar-refractivity contribution in [1.82, 2.24) is 0 Å². The van der Waals surface area contributed by atoms with Gasteiger partial charge in [0.2, 0.25) is 0 Å². The largest absolute Gasteiger partial charge is 0.390 e. The van der Waals surface area contributed by atoms with Gasteiger partial charge in [-0.2, -0.15) is 0 Å². The quantitative estimate of drug-likeness (QED) is 0.362. The lowest BCUT2D eigenvalue weighted by Gasteiger charge is -2.24. The normalized spacial score (nSPS) is 14.7. The van der Waals surface area contributed by atoms with E-state index in [1.54, 1.807) is 0 Å². The van der Waals surface area contributed by atoms with Gasteiger partial charge in [0.25, 0.3) is 0 Å². The lowest BCUT2D eigenvalue weighted by molar-refractivity contribution is 0.0340. The van der Waals surface area contributed by atoms with Gasteiger partial charge in [0.1, 0.15) is 0 Å². The molecule has 1 unspecified atom stereocenters. The van der Waals surface area contributed by atoms with Crippen molar-refractivity contribution in [2.45, 2.75) is 117 Å². The molecule has 0 bridgehead atoms. The summed E-state index contributed by atoms with van der Waals surface area (Å²) in [5.74, 6) is 0.703. The molecule has 0 amide bonds. The first-order chi connectivity index (χ1) is 9.48. The third-order valence-electron chi connectivity index (χ3n) is 4.33. The Bertz CT molecular complexity index is 196. The van der Waals surface area contributed by atoms with Crippen LogP contribution in [0.15, 0.2) is 0 Å². The summed E-state index contributed by atoms with van der Waals surface area (Å²) in [5, 5.41) is 10.3. The molecular weight excluding hydrogens is 244 g/mol. The highest BCUT2D eigenvalue weighted by Gasteiger charge is 2.19. The van der Waals surface area contributed by atoms with E-state index in [9.17, 15) is 5.11 Å². The Morgan fingerprint density at radius 2 is 1.20 bits per heavy atom. The van der Waals surface area contributed by atoms with Gasteiger partial charge >= 0.3 is 0 Å². The highest BCUT2D eigenvalue weighted by Crippen LogP contribution is 2.23. The molecule has 0 aliphatic carbocycles. The molecule has 1 nitrogen and oxygen atoms in total. The number of hydrogen-bond donors (Lipinski definition) is 1. The van der Waals surface area contributed by atoms with E-state index in [2.05, 4.69) is 20.8 Å².